The molecule has 0 aromatic heterocycles. The van der Waals surface area contributed by atoms with Crippen molar-refractivity contribution in [3.8, 4) is 5.75 Å². The molecule has 5 heteroatoms. The zero-order valence-corrected chi connectivity index (χ0v) is 13.0. The van der Waals surface area contributed by atoms with Crippen molar-refractivity contribution < 1.29 is 19.1 Å². The maximum atomic E-state index is 12.1. The molecule has 1 heterocycles. The third kappa shape index (κ3) is 4.01. The van der Waals surface area contributed by atoms with E-state index in [-0.39, 0.29) is 25.7 Å². The number of fused-ring (bicyclic) bond motifs is 1. The predicted molar refractivity (Wildman–Crippen MR) is 89.2 cm³/mol. The normalized spacial score (nSPS) is 12.4. The molecule has 122 valence electrons. The van der Waals surface area contributed by atoms with E-state index in [9.17, 15) is 9.59 Å². The number of esters is 1. The first kappa shape index (κ1) is 15.8. The van der Waals surface area contributed by atoms with Crippen LogP contribution >= 0.6 is 0 Å². The summed E-state index contributed by atoms with van der Waals surface area (Å²) in [7, 11) is 0. The van der Waals surface area contributed by atoms with Crippen molar-refractivity contribution in [3.63, 3.8) is 0 Å². The van der Waals surface area contributed by atoms with E-state index in [1.807, 2.05) is 54.6 Å². The van der Waals surface area contributed by atoms with Gasteiger partial charge in [-0.15, -0.1) is 0 Å². The Hall–Kier alpha value is -3.08. The predicted octanol–water partition coefficient (Wildman–Crippen LogP) is 2.32. The summed E-state index contributed by atoms with van der Waals surface area (Å²) in [6.45, 7) is 0.196. The van der Waals surface area contributed by atoms with Gasteiger partial charge in [0.2, 0.25) is 0 Å². The van der Waals surface area contributed by atoms with E-state index in [0.717, 1.165) is 16.9 Å². The molecule has 0 radical (unpaired) electrons. The second-order valence-electron chi connectivity index (χ2n) is 5.33. The van der Waals surface area contributed by atoms with Gasteiger partial charge in [-0.3, -0.25) is 9.59 Å². The zero-order chi connectivity index (χ0) is 16.8. The molecule has 0 atom stereocenters. The Morgan fingerprint density at radius 2 is 1.79 bits per heavy atom. The third-order valence-corrected chi connectivity index (χ3v) is 3.56. The molecule has 24 heavy (non-hydrogen) atoms. The lowest BCUT2D eigenvalue weighted by atomic mass is 10.1. The lowest BCUT2D eigenvalue weighted by Crippen LogP contribution is -2.33. The Bertz CT molecular complexity index is 768. The summed E-state index contributed by atoms with van der Waals surface area (Å²) in [5, 5.41) is 2.56. The molecule has 0 aliphatic carbocycles. The molecule has 2 aromatic carbocycles. The molecule has 1 N–H and O–H groups in total. The average Bonchev–Trinajstić information content (AvgIpc) is 2.65. The molecule has 0 spiro atoms. The van der Waals surface area contributed by atoms with Gasteiger partial charge in [0.1, 0.15) is 25.5 Å². The van der Waals surface area contributed by atoms with Crippen LogP contribution in [0.2, 0.25) is 0 Å². The van der Waals surface area contributed by atoms with Crippen LogP contribution < -0.4 is 10.1 Å². The number of hydrogen-bond acceptors (Lipinski definition) is 4. The SMILES string of the molecule is O=C(CNC(=O)C1=Cc2ccccc2OC1)OCc1ccccc1. The number of para-hydroxylation sites is 1. The van der Waals surface area contributed by atoms with Gasteiger partial charge in [0.25, 0.3) is 5.91 Å². The quantitative estimate of drug-likeness (QED) is 0.858. The molecule has 2 aromatic rings. The van der Waals surface area contributed by atoms with E-state index in [0.29, 0.717) is 5.57 Å². The van der Waals surface area contributed by atoms with E-state index >= 15 is 0 Å². The Kier molecular flexibility index (Phi) is 4.91. The highest BCUT2D eigenvalue weighted by molar-refractivity contribution is 6.00. The van der Waals surface area contributed by atoms with Gasteiger partial charge in [-0.25, -0.2) is 0 Å². The molecule has 1 aliphatic heterocycles. The zero-order valence-electron chi connectivity index (χ0n) is 13.0. The maximum absolute atomic E-state index is 12.1. The molecule has 3 rings (SSSR count). The van der Waals surface area contributed by atoms with Crippen LogP contribution in [0.25, 0.3) is 6.08 Å². The molecule has 0 unspecified atom stereocenters. The number of amides is 1. The summed E-state index contributed by atoms with van der Waals surface area (Å²) in [6.07, 6.45) is 1.77. The van der Waals surface area contributed by atoms with Crippen LogP contribution in [0.1, 0.15) is 11.1 Å². The monoisotopic (exact) mass is 323 g/mol. The van der Waals surface area contributed by atoms with Crippen LogP contribution in [0.15, 0.2) is 60.2 Å². The highest BCUT2D eigenvalue weighted by Gasteiger charge is 2.17. The van der Waals surface area contributed by atoms with Gasteiger partial charge in [-0.2, -0.15) is 0 Å². The minimum absolute atomic E-state index is 0.176. The Morgan fingerprint density at radius 1 is 1.04 bits per heavy atom. The molecule has 0 saturated carbocycles. The van der Waals surface area contributed by atoms with Crippen molar-refractivity contribution in [2.24, 2.45) is 0 Å². The molecular formula is C19H17NO4. The molecular weight excluding hydrogens is 306 g/mol. The second kappa shape index (κ2) is 7.46. The molecule has 0 fully saturated rings. The van der Waals surface area contributed by atoms with Gasteiger partial charge in [0.15, 0.2) is 0 Å². The number of carbonyl (C=O) groups excluding carboxylic acids is 2. The Balaban J connectivity index is 1.49. The Morgan fingerprint density at radius 3 is 2.62 bits per heavy atom. The smallest absolute Gasteiger partial charge is 0.325 e. The van der Waals surface area contributed by atoms with Crippen molar-refractivity contribution in [3.05, 3.63) is 71.3 Å². The highest BCUT2D eigenvalue weighted by atomic mass is 16.5. The topological polar surface area (TPSA) is 64.6 Å². The van der Waals surface area contributed by atoms with E-state index in [4.69, 9.17) is 9.47 Å². The number of ether oxygens (including phenoxy) is 2. The standard InChI is InChI=1S/C19H17NO4/c21-18(24-12-14-6-2-1-3-7-14)11-20-19(22)16-10-15-8-4-5-9-17(15)23-13-16/h1-10H,11-13H2,(H,20,22). The second-order valence-corrected chi connectivity index (χ2v) is 5.33. The summed E-state index contributed by atoms with van der Waals surface area (Å²) in [5.41, 5.74) is 2.22. The van der Waals surface area contributed by atoms with Gasteiger partial charge in [-0.1, -0.05) is 48.5 Å². The highest BCUT2D eigenvalue weighted by Crippen LogP contribution is 2.25. The first-order chi connectivity index (χ1) is 11.7. The van der Waals surface area contributed by atoms with Gasteiger partial charge in [0.05, 0.1) is 5.57 Å². The van der Waals surface area contributed by atoms with Gasteiger partial charge in [-0.05, 0) is 17.7 Å². The summed E-state index contributed by atoms with van der Waals surface area (Å²) in [4.78, 5) is 23.8. The van der Waals surface area contributed by atoms with E-state index in [2.05, 4.69) is 5.32 Å². The molecule has 1 aliphatic rings. The van der Waals surface area contributed by atoms with Crippen LogP contribution in [0.4, 0.5) is 0 Å². The third-order valence-electron chi connectivity index (χ3n) is 3.56. The molecule has 0 saturated heterocycles. The summed E-state index contributed by atoms with van der Waals surface area (Å²) in [5.74, 6) is -0.0672. The fraction of sp³-hybridized carbons (Fsp3) is 0.158. The van der Waals surface area contributed by atoms with Crippen molar-refractivity contribution >= 4 is 18.0 Å². The summed E-state index contributed by atoms with van der Waals surface area (Å²) >= 11 is 0. The first-order valence-electron chi connectivity index (χ1n) is 7.62. The average molecular weight is 323 g/mol. The fourth-order valence-corrected chi connectivity index (χ4v) is 2.30. The van der Waals surface area contributed by atoms with Crippen molar-refractivity contribution in [2.45, 2.75) is 6.61 Å². The number of hydrogen-bond donors (Lipinski definition) is 1. The fourth-order valence-electron chi connectivity index (χ4n) is 2.30. The van der Waals surface area contributed by atoms with Crippen molar-refractivity contribution in [1.29, 1.82) is 0 Å². The largest absolute Gasteiger partial charge is 0.488 e. The number of benzene rings is 2. The van der Waals surface area contributed by atoms with Crippen LogP contribution in [0.5, 0.6) is 5.75 Å². The van der Waals surface area contributed by atoms with E-state index < -0.39 is 5.97 Å². The minimum Gasteiger partial charge on any atom is -0.488 e. The molecule has 5 nitrogen and oxygen atoms in total. The lowest BCUT2D eigenvalue weighted by Gasteiger charge is -2.17. The number of rotatable bonds is 5. The Labute approximate surface area is 139 Å². The molecule has 1 amide bonds. The van der Waals surface area contributed by atoms with Crippen LogP contribution in [-0.2, 0) is 20.9 Å². The van der Waals surface area contributed by atoms with Crippen molar-refractivity contribution in [2.75, 3.05) is 13.2 Å². The number of nitrogens with one attached hydrogen (secondary N) is 1. The lowest BCUT2D eigenvalue weighted by molar-refractivity contribution is -0.144. The van der Waals surface area contributed by atoms with Crippen molar-refractivity contribution in [1.82, 2.24) is 5.32 Å². The number of carbonyl (C=O) groups is 2. The van der Waals surface area contributed by atoms with Crippen LogP contribution in [0.3, 0.4) is 0 Å². The molecule has 0 bridgehead atoms. The summed E-state index contributed by atoms with van der Waals surface area (Å²) < 4.78 is 10.6. The minimum atomic E-state index is -0.482. The van der Waals surface area contributed by atoms with Gasteiger partial charge >= 0.3 is 5.97 Å². The van der Waals surface area contributed by atoms with E-state index in [1.54, 1.807) is 6.08 Å². The van der Waals surface area contributed by atoms with Gasteiger partial charge in [0, 0.05) is 5.56 Å². The van der Waals surface area contributed by atoms with Crippen LogP contribution in [0, 0.1) is 0 Å². The van der Waals surface area contributed by atoms with Gasteiger partial charge < -0.3 is 14.8 Å². The summed E-state index contributed by atoms with van der Waals surface area (Å²) in [6, 6.07) is 16.8. The van der Waals surface area contributed by atoms with Crippen LogP contribution in [-0.4, -0.2) is 25.0 Å². The first-order valence-corrected chi connectivity index (χ1v) is 7.62. The van der Waals surface area contributed by atoms with E-state index in [1.165, 1.54) is 0 Å². The maximum Gasteiger partial charge on any atom is 0.325 e.